The Hall–Kier alpha value is -3.44. The lowest BCUT2D eigenvalue weighted by Crippen LogP contribution is -2.18. The Morgan fingerprint density at radius 3 is 2.31 bits per heavy atom. The van der Waals surface area contributed by atoms with Gasteiger partial charge in [0.05, 0.1) is 11.4 Å². The number of ether oxygens (including phenoxy) is 1. The molecule has 0 radical (unpaired) electrons. The first-order valence-corrected chi connectivity index (χ1v) is 9.62. The highest BCUT2D eigenvalue weighted by molar-refractivity contribution is 5.63. The van der Waals surface area contributed by atoms with E-state index in [2.05, 4.69) is 40.4 Å². The predicted molar refractivity (Wildman–Crippen MR) is 115 cm³/mol. The smallest absolute Gasteiger partial charge is 0.127 e. The van der Waals surface area contributed by atoms with Gasteiger partial charge in [-0.25, -0.2) is 0 Å². The third-order valence-electron chi connectivity index (χ3n) is 4.61. The zero-order valence-electron chi connectivity index (χ0n) is 16.7. The highest BCUT2D eigenvalue weighted by Gasteiger charge is 2.13. The highest BCUT2D eigenvalue weighted by atomic mass is 16.5. The van der Waals surface area contributed by atoms with E-state index in [9.17, 15) is 0 Å². The van der Waals surface area contributed by atoms with E-state index in [-0.39, 0.29) is 0 Å². The van der Waals surface area contributed by atoms with Gasteiger partial charge in [-0.2, -0.15) is 5.10 Å². The van der Waals surface area contributed by atoms with Crippen LogP contribution in [-0.2, 0) is 20.1 Å². The van der Waals surface area contributed by atoms with Crippen molar-refractivity contribution in [2.24, 2.45) is 7.05 Å². The summed E-state index contributed by atoms with van der Waals surface area (Å²) in [6, 6.07) is 23.9. The first-order valence-electron chi connectivity index (χ1n) is 9.62. The molecule has 0 aliphatic carbocycles. The second-order valence-electron chi connectivity index (χ2n) is 7.11. The van der Waals surface area contributed by atoms with Crippen LogP contribution in [0.15, 0.2) is 85.2 Å². The molecule has 0 N–H and O–H groups in total. The topological polar surface area (TPSA) is 43.2 Å². The normalized spacial score (nSPS) is 11.0. The van der Waals surface area contributed by atoms with E-state index in [1.54, 1.807) is 0 Å². The van der Waals surface area contributed by atoms with Crippen LogP contribution in [0, 0.1) is 0 Å². The molecule has 0 saturated heterocycles. The molecule has 4 aromatic rings. The summed E-state index contributed by atoms with van der Waals surface area (Å²) in [7, 11) is 4.06. The summed E-state index contributed by atoms with van der Waals surface area (Å²) in [5, 5.41) is 4.69. The molecule has 0 spiro atoms. The molecule has 4 rings (SSSR count). The number of aryl methyl sites for hydroxylation is 1. The molecule has 5 nitrogen and oxygen atoms in total. The molecule has 0 saturated carbocycles. The fraction of sp³-hybridized carbons (Fsp3) is 0.167. The molecule has 29 heavy (non-hydrogen) atoms. The Morgan fingerprint density at radius 1 is 0.862 bits per heavy atom. The van der Waals surface area contributed by atoms with Crippen LogP contribution in [0.5, 0.6) is 11.5 Å². The minimum Gasteiger partial charge on any atom is -0.457 e. The van der Waals surface area contributed by atoms with Crippen LogP contribution in [-0.4, -0.2) is 26.7 Å². The molecule has 0 aliphatic rings. The Labute approximate surface area is 171 Å². The van der Waals surface area contributed by atoms with Gasteiger partial charge in [-0.05, 0) is 55.6 Å². The van der Waals surface area contributed by atoms with Crippen molar-refractivity contribution in [3.8, 4) is 22.8 Å². The molecule has 146 valence electrons. The van der Waals surface area contributed by atoms with Crippen molar-refractivity contribution in [3.63, 3.8) is 0 Å². The lowest BCUT2D eigenvalue weighted by Gasteiger charge is -2.16. The molecule has 0 atom stereocenters. The Morgan fingerprint density at radius 2 is 1.59 bits per heavy atom. The summed E-state index contributed by atoms with van der Waals surface area (Å²) in [5.41, 5.74) is 4.31. The number of pyridine rings is 1. The van der Waals surface area contributed by atoms with Crippen molar-refractivity contribution in [1.29, 1.82) is 0 Å². The van der Waals surface area contributed by atoms with Crippen LogP contribution >= 0.6 is 0 Å². The molecule has 2 aromatic heterocycles. The zero-order chi connectivity index (χ0) is 20.1. The van der Waals surface area contributed by atoms with Crippen molar-refractivity contribution in [2.75, 3.05) is 7.05 Å². The van der Waals surface area contributed by atoms with Gasteiger partial charge in [-0.15, -0.1) is 0 Å². The van der Waals surface area contributed by atoms with Crippen LogP contribution in [0.1, 0.15) is 11.3 Å². The fourth-order valence-electron chi connectivity index (χ4n) is 3.32. The van der Waals surface area contributed by atoms with E-state index >= 15 is 0 Å². The second kappa shape index (κ2) is 8.71. The van der Waals surface area contributed by atoms with Gasteiger partial charge in [-0.3, -0.25) is 14.6 Å². The maximum atomic E-state index is 5.89. The Bertz CT molecular complexity index is 1040. The first kappa shape index (κ1) is 18.9. The number of rotatable bonds is 7. The Balaban J connectivity index is 1.49. The lowest BCUT2D eigenvalue weighted by molar-refractivity contribution is 0.315. The van der Waals surface area contributed by atoms with Crippen molar-refractivity contribution in [2.45, 2.75) is 13.1 Å². The summed E-state index contributed by atoms with van der Waals surface area (Å²) in [5.74, 6) is 1.64. The largest absolute Gasteiger partial charge is 0.457 e. The average molecular weight is 384 g/mol. The van der Waals surface area contributed by atoms with Crippen LogP contribution in [0.3, 0.4) is 0 Å². The SMILES string of the molecule is CN(Cc1ccccn1)Cc1cn(C)nc1-c1ccc(Oc2ccccc2)cc1. The van der Waals surface area contributed by atoms with E-state index in [1.807, 2.05) is 78.6 Å². The third-order valence-corrected chi connectivity index (χ3v) is 4.61. The predicted octanol–water partition coefficient (Wildman–Crippen LogP) is 4.91. The maximum absolute atomic E-state index is 5.89. The van der Waals surface area contributed by atoms with Crippen LogP contribution in [0.2, 0.25) is 0 Å². The molecule has 2 heterocycles. The third kappa shape index (κ3) is 4.89. The van der Waals surface area contributed by atoms with Crippen LogP contribution in [0.4, 0.5) is 0 Å². The Kier molecular flexibility index (Phi) is 5.68. The van der Waals surface area contributed by atoms with Gasteiger partial charge >= 0.3 is 0 Å². The molecule has 2 aromatic carbocycles. The number of benzene rings is 2. The fourth-order valence-corrected chi connectivity index (χ4v) is 3.32. The number of para-hydroxylation sites is 1. The summed E-state index contributed by atoms with van der Waals surface area (Å²) in [4.78, 5) is 6.66. The van der Waals surface area contributed by atoms with Crippen molar-refractivity contribution >= 4 is 0 Å². The van der Waals surface area contributed by atoms with Gasteiger partial charge in [0.25, 0.3) is 0 Å². The number of hydrogen-bond donors (Lipinski definition) is 0. The van der Waals surface area contributed by atoms with Gasteiger partial charge in [0.2, 0.25) is 0 Å². The van der Waals surface area contributed by atoms with E-state index in [0.29, 0.717) is 0 Å². The molecule has 5 heteroatoms. The summed E-state index contributed by atoms with van der Waals surface area (Å²) < 4.78 is 7.76. The van der Waals surface area contributed by atoms with Crippen LogP contribution < -0.4 is 4.74 Å². The maximum Gasteiger partial charge on any atom is 0.127 e. The number of nitrogens with zero attached hydrogens (tertiary/aromatic N) is 4. The molecule has 0 amide bonds. The lowest BCUT2D eigenvalue weighted by atomic mass is 10.1. The van der Waals surface area contributed by atoms with Gasteiger partial charge in [0, 0.05) is 43.7 Å². The molecule has 0 fully saturated rings. The van der Waals surface area contributed by atoms with Gasteiger partial charge in [0.1, 0.15) is 11.5 Å². The number of hydrogen-bond acceptors (Lipinski definition) is 4. The molecule has 0 aliphatic heterocycles. The van der Waals surface area contributed by atoms with Crippen molar-refractivity contribution in [3.05, 3.63) is 96.4 Å². The molecule has 0 bridgehead atoms. The van der Waals surface area contributed by atoms with Crippen LogP contribution in [0.25, 0.3) is 11.3 Å². The minimum atomic E-state index is 0.791. The van der Waals surface area contributed by atoms with Gasteiger partial charge in [0.15, 0.2) is 0 Å². The quantitative estimate of drug-likeness (QED) is 0.454. The van der Waals surface area contributed by atoms with E-state index in [4.69, 9.17) is 4.74 Å². The second-order valence-corrected chi connectivity index (χ2v) is 7.11. The summed E-state index contributed by atoms with van der Waals surface area (Å²) in [6.07, 6.45) is 3.91. The zero-order valence-corrected chi connectivity index (χ0v) is 16.7. The van der Waals surface area contributed by atoms with E-state index < -0.39 is 0 Å². The average Bonchev–Trinajstić information content (AvgIpc) is 3.10. The molecule has 0 unspecified atom stereocenters. The summed E-state index contributed by atoms with van der Waals surface area (Å²) in [6.45, 7) is 1.58. The first-order chi connectivity index (χ1) is 14.2. The molecular formula is C24H24N4O. The van der Waals surface area contributed by atoms with Crippen molar-refractivity contribution in [1.82, 2.24) is 19.7 Å². The van der Waals surface area contributed by atoms with E-state index in [0.717, 1.165) is 41.5 Å². The summed E-state index contributed by atoms with van der Waals surface area (Å²) >= 11 is 0. The highest BCUT2D eigenvalue weighted by Crippen LogP contribution is 2.27. The standard InChI is InChI=1S/C24H24N4O/c1-27(18-21-8-6-7-15-25-21)16-20-17-28(2)26-24(20)19-11-13-23(14-12-19)29-22-9-4-3-5-10-22/h3-15,17H,16,18H2,1-2H3. The van der Waals surface area contributed by atoms with E-state index in [1.165, 1.54) is 5.56 Å². The monoisotopic (exact) mass is 384 g/mol. The van der Waals surface area contributed by atoms with Gasteiger partial charge in [-0.1, -0.05) is 24.3 Å². The minimum absolute atomic E-state index is 0.791. The van der Waals surface area contributed by atoms with Crippen molar-refractivity contribution < 1.29 is 4.74 Å². The van der Waals surface area contributed by atoms with Gasteiger partial charge < -0.3 is 4.74 Å². The molecular weight excluding hydrogens is 360 g/mol. The number of aromatic nitrogens is 3.